The minimum absolute atomic E-state index is 0.0556. The summed E-state index contributed by atoms with van der Waals surface area (Å²) in [5.74, 6) is 1.32. The Morgan fingerprint density at radius 1 is 1.38 bits per heavy atom. The highest BCUT2D eigenvalue weighted by atomic mass is 32.2. The molecule has 0 radical (unpaired) electrons. The van der Waals surface area contributed by atoms with Crippen LogP contribution in [0.15, 0.2) is 8.68 Å². The smallest absolute Gasteiger partial charge is 0.230 e. The van der Waals surface area contributed by atoms with Gasteiger partial charge in [-0.05, 0) is 12.8 Å². The summed E-state index contributed by atoms with van der Waals surface area (Å²) in [7, 11) is -2.96. The molecule has 0 spiro atoms. The molecule has 1 aliphatic rings. The number of rotatable bonds is 7. The molecule has 0 aliphatic carbocycles. The molecule has 0 saturated carbocycles. The zero-order valence-corrected chi connectivity index (χ0v) is 14.8. The molecule has 0 aromatic carbocycles. The number of thioether (sulfide) groups is 2. The SMILES string of the molecule is CCCSc1nnc(SCC(=O)N[C@@H]2CCS(=O)(=O)C2)s1. The topological polar surface area (TPSA) is 89.0 Å². The van der Waals surface area contributed by atoms with Crippen LogP contribution in [-0.4, -0.2) is 53.6 Å². The maximum absolute atomic E-state index is 11.8. The first kappa shape index (κ1) is 17.0. The van der Waals surface area contributed by atoms with Gasteiger partial charge in [0.1, 0.15) is 0 Å². The molecule has 10 heteroatoms. The molecule has 2 heterocycles. The molecule has 1 aromatic heterocycles. The van der Waals surface area contributed by atoms with Gasteiger partial charge in [0, 0.05) is 11.8 Å². The molecule has 21 heavy (non-hydrogen) atoms. The number of nitrogens with zero attached hydrogens (tertiary/aromatic N) is 2. The molecule has 1 atom stereocenters. The molecule has 118 valence electrons. The monoisotopic (exact) mass is 367 g/mol. The Bertz CT molecular complexity index is 587. The van der Waals surface area contributed by atoms with E-state index in [0.717, 1.165) is 20.9 Å². The van der Waals surface area contributed by atoms with Crippen molar-refractivity contribution in [3.05, 3.63) is 0 Å². The number of sulfone groups is 1. The van der Waals surface area contributed by atoms with Gasteiger partial charge in [0.2, 0.25) is 5.91 Å². The summed E-state index contributed by atoms with van der Waals surface area (Å²) in [6, 6.07) is -0.242. The second kappa shape index (κ2) is 7.80. The number of hydrogen-bond acceptors (Lipinski definition) is 8. The van der Waals surface area contributed by atoms with E-state index in [2.05, 4.69) is 22.4 Å². The fraction of sp³-hybridized carbons (Fsp3) is 0.727. The van der Waals surface area contributed by atoms with E-state index in [9.17, 15) is 13.2 Å². The van der Waals surface area contributed by atoms with Gasteiger partial charge in [-0.25, -0.2) is 8.42 Å². The van der Waals surface area contributed by atoms with Gasteiger partial charge in [-0.15, -0.1) is 10.2 Å². The first-order valence-electron chi connectivity index (χ1n) is 6.57. The second-order valence-corrected chi connectivity index (χ2v) is 10.4. The van der Waals surface area contributed by atoms with Crippen LogP contribution in [0.4, 0.5) is 0 Å². The van der Waals surface area contributed by atoms with Gasteiger partial charge in [-0.2, -0.15) is 0 Å². The molecule has 6 nitrogen and oxygen atoms in total. The summed E-state index contributed by atoms with van der Waals surface area (Å²) in [6.07, 6.45) is 1.59. The Morgan fingerprint density at radius 2 is 2.10 bits per heavy atom. The van der Waals surface area contributed by atoms with Crippen molar-refractivity contribution in [3.8, 4) is 0 Å². The van der Waals surface area contributed by atoms with Crippen molar-refractivity contribution in [1.82, 2.24) is 15.5 Å². The van der Waals surface area contributed by atoms with Crippen LogP contribution in [0.25, 0.3) is 0 Å². The van der Waals surface area contributed by atoms with E-state index < -0.39 is 9.84 Å². The van der Waals surface area contributed by atoms with Crippen molar-refractivity contribution in [1.29, 1.82) is 0 Å². The highest BCUT2D eigenvalue weighted by Crippen LogP contribution is 2.28. The number of nitrogens with one attached hydrogen (secondary N) is 1. The fourth-order valence-corrected chi connectivity index (χ4v) is 6.24. The van der Waals surface area contributed by atoms with Crippen molar-refractivity contribution in [2.45, 2.75) is 34.5 Å². The van der Waals surface area contributed by atoms with Crippen molar-refractivity contribution in [2.75, 3.05) is 23.0 Å². The molecular weight excluding hydrogens is 350 g/mol. The lowest BCUT2D eigenvalue weighted by molar-refractivity contribution is -0.119. The van der Waals surface area contributed by atoms with Gasteiger partial charge in [-0.1, -0.05) is 41.8 Å². The summed E-state index contributed by atoms with van der Waals surface area (Å²) in [4.78, 5) is 11.8. The van der Waals surface area contributed by atoms with E-state index in [0.29, 0.717) is 6.42 Å². The van der Waals surface area contributed by atoms with Crippen LogP contribution in [0.2, 0.25) is 0 Å². The quantitative estimate of drug-likeness (QED) is 0.729. The Hall–Kier alpha value is -0.320. The number of carbonyl (C=O) groups excluding carboxylic acids is 1. The van der Waals surface area contributed by atoms with Crippen molar-refractivity contribution in [3.63, 3.8) is 0 Å². The van der Waals surface area contributed by atoms with Crippen LogP contribution in [0.1, 0.15) is 19.8 Å². The Balaban J connectivity index is 1.72. The molecule has 1 N–H and O–H groups in total. The van der Waals surface area contributed by atoms with Gasteiger partial charge in [0.05, 0.1) is 17.3 Å². The molecule has 1 fully saturated rings. The lowest BCUT2D eigenvalue weighted by Gasteiger charge is -2.09. The van der Waals surface area contributed by atoms with Crippen molar-refractivity contribution < 1.29 is 13.2 Å². The largest absolute Gasteiger partial charge is 0.352 e. The fourth-order valence-electron chi connectivity index (χ4n) is 1.81. The lowest BCUT2D eigenvalue weighted by atomic mass is 10.3. The summed E-state index contributed by atoms with van der Waals surface area (Å²) in [5, 5.41) is 10.8. The minimum atomic E-state index is -2.96. The zero-order valence-electron chi connectivity index (χ0n) is 11.6. The first-order chi connectivity index (χ1) is 9.98. The van der Waals surface area contributed by atoms with Crippen molar-refractivity contribution >= 4 is 50.6 Å². The molecule has 1 saturated heterocycles. The normalized spacial score (nSPS) is 20.5. The van der Waals surface area contributed by atoms with Gasteiger partial charge < -0.3 is 5.32 Å². The predicted molar refractivity (Wildman–Crippen MR) is 86.8 cm³/mol. The summed E-state index contributed by atoms with van der Waals surface area (Å²) in [6.45, 7) is 2.11. The van der Waals surface area contributed by atoms with Gasteiger partial charge in [0.25, 0.3) is 0 Å². The Morgan fingerprint density at radius 3 is 2.71 bits per heavy atom. The van der Waals surface area contributed by atoms with E-state index >= 15 is 0 Å². The zero-order chi connectivity index (χ0) is 15.3. The third-order valence-electron chi connectivity index (χ3n) is 2.74. The first-order valence-corrected chi connectivity index (χ1v) is 11.2. The molecule has 1 amide bonds. The highest BCUT2D eigenvalue weighted by Gasteiger charge is 2.28. The summed E-state index contributed by atoms with van der Waals surface area (Å²) >= 11 is 4.49. The van der Waals surface area contributed by atoms with Gasteiger partial charge in [0.15, 0.2) is 18.5 Å². The Kier molecular flexibility index (Phi) is 6.33. The maximum atomic E-state index is 11.8. The van der Waals surface area contributed by atoms with E-state index in [1.165, 1.54) is 23.1 Å². The third-order valence-corrected chi connectivity index (χ3v) is 7.91. The summed E-state index contributed by atoms with van der Waals surface area (Å²) in [5.41, 5.74) is 0. The molecular formula is C11H17N3O3S4. The molecule has 1 aliphatic heterocycles. The van der Waals surface area contributed by atoms with Crippen LogP contribution in [0.5, 0.6) is 0 Å². The number of carbonyl (C=O) groups is 1. The molecule has 2 rings (SSSR count). The summed E-state index contributed by atoms with van der Waals surface area (Å²) < 4.78 is 24.3. The molecule has 0 bridgehead atoms. The van der Waals surface area contributed by atoms with E-state index in [1.807, 2.05) is 0 Å². The van der Waals surface area contributed by atoms with Crippen molar-refractivity contribution in [2.24, 2.45) is 0 Å². The second-order valence-electron chi connectivity index (χ2n) is 4.64. The van der Waals surface area contributed by atoms with Crippen LogP contribution >= 0.6 is 34.9 Å². The number of amides is 1. The minimum Gasteiger partial charge on any atom is -0.352 e. The van der Waals surface area contributed by atoms with Crippen LogP contribution < -0.4 is 5.32 Å². The van der Waals surface area contributed by atoms with Crippen LogP contribution in [0, 0.1) is 0 Å². The Labute approximate surface area is 136 Å². The average molecular weight is 368 g/mol. The average Bonchev–Trinajstić information content (AvgIpc) is 3.00. The molecule has 1 aromatic rings. The highest BCUT2D eigenvalue weighted by molar-refractivity contribution is 8.03. The van der Waals surface area contributed by atoms with Crippen LogP contribution in [0.3, 0.4) is 0 Å². The third kappa shape index (κ3) is 5.76. The van der Waals surface area contributed by atoms with Gasteiger partial charge >= 0.3 is 0 Å². The molecule has 0 unspecified atom stereocenters. The maximum Gasteiger partial charge on any atom is 0.230 e. The standard InChI is InChI=1S/C11H17N3O3S4/c1-2-4-18-10-13-14-11(20-10)19-6-9(15)12-8-3-5-21(16,17)7-8/h8H,2-7H2,1H3,(H,12,15)/t8-/m1/s1. The van der Waals surface area contributed by atoms with E-state index in [1.54, 1.807) is 11.8 Å². The number of aromatic nitrogens is 2. The van der Waals surface area contributed by atoms with Gasteiger partial charge in [-0.3, -0.25) is 4.79 Å². The van der Waals surface area contributed by atoms with E-state index in [4.69, 9.17) is 0 Å². The predicted octanol–water partition coefficient (Wildman–Crippen LogP) is 1.44. The van der Waals surface area contributed by atoms with Crippen LogP contribution in [-0.2, 0) is 14.6 Å². The lowest BCUT2D eigenvalue weighted by Crippen LogP contribution is -2.36. The number of hydrogen-bond donors (Lipinski definition) is 1. The van der Waals surface area contributed by atoms with E-state index in [-0.39, 0.29) is 29.2 Å².